The molecular formula is C13H16N4O. The molecule has 94 valence electrons. The molecule has 1 heterocycles. The third kappa shape index (κ3) is 2.15. The summed E-state index contributed by atoms with van der Waals surface area (Å²) in [6, 6.07) is 7.71. The Balaban J connectivity index is 2.48. The SMILES string of the molecule is COCCC(C)n1c(N)nc2ccc(C#N)cc21. The molecule has 1 atom stereocenters. The summed E-state index contributed by atoms with van der Waals surface area (Å²) in [6.07, 6.45) is 0.850. The Morgan fingerprint density at radius 3 is 3.00 bits per heavy atom. The van der Waals surface area contributed by atoms with Crippen molar-refractivity contribution in [1.82, 2.24) is 9.55 Å². The fraction of sp³-hybridized carbons (Fsp3) is 0.385. The molecule has 0 saturated carbocycles. The number of ether oxygens (including phenoxy) is 1. The molecule has 2 aromatic rings. The number of fused-ring (bicyclic) bond motifs is 1. The van der Waals surface area contributed by atoms with E-state index in [9.17, 15) is 0 Å². The van der Waals surface area contributed by atoms with Gasteiger partial charge in [0, 0.05) is 19.8 Å². The number of nitriles is 1. The minimum absolute atomic E-state index is 0.184. The quantitative estimate of drug-likeness (QED) is 0.893. The van der Waals surface area contributed by atoms with Crippen LogP contribution in [0.4, 0.5) is 5.95 Å². The normalized spacial score (nSPS) is 12.5. The summed E-state index contributed by atoms with van der Waals surface area (Å²) in [5.41, 5.74) is 8.27. The number of imidazole rings is 1. The van der Waals surface area contributed by atoms with Crippen LogP contribution in [0.2, 0.25) is 0 Å². The van der Waals surface area contributed by atoms with E-state index in [1.165, 1.54) is 0 Å². The van der Waals surface area contributed by atoms with Gasteiger partial charge in [-0.3, -0.25) is 0 Å². The van der Waals surface area contributed by atoms with Crippen LogP contribution in [-0.2, 0) is 4.74 Å². The molecule has 18 heavy (non-hydrogen) atoms. The lowest BCUT2D eigenvalue weighted by Gasteiger charge is -2.15. The number of anilines is 1. The number of benzene rings is 1. The summed E-state index contributed by atoms with van der Waals surface area (Å²) in [6.45, 7) is 2.73. The highest BCUT2D eigenvalue weighted by Gasteiger charge is 2.14. The van der Waals surface area contributed by atoms with Crippen molar-refractivity contribution < 1.29 is 4.74 Å². The van der Waals surface area contributed by atoms with Gasteiger partial charge in [-0.1, -0.05) is 0 Å². The van der Waals surface area contributed by atoms with Crippen LogP contribution in [0.3, 0.4) is 0 Å². The maximum Gasteiger partial charge on any atom is 0.201 e. The molecule has 0 fully saturated rings. The van der Waals surface area contributed by atoms with Crippen molar-refractivity contribution in [2.45, 2.75) is 19.4 Å². The summed E-state index contributed by atoms with van der Waals surface area (Å²) in [5, 5.41) is 8.94. The highest BCUT2D eigenvalue weighted by atomic mass is 16.5. The molecule has 0 amide bonds. The lowest BCUT2D eigenvalue weighted by Crippen LogP contribution is -2.10. The number of hydrogen-bond donors (Lipinski definition) is 1. The molecule has 0 bridgehead atoms. The van der Waals surface area contributed by atoms with Crippen LogP contribution in [0.25, 0.3) is 11.0 Å². The number of nitrogen functional groups attached to an aromatic ring is 1. The first-order chi connectivity index (χ1) is 8.67. The van der Waals surface area contributed by atoms with Crippen molar-refractivity contribution in [2.24, 2.45) is 0 Å². The molecule has 2 rings (SSSR count). The van der Waals surface area contributed by atoms with E-state index in [1.807, 2.05) is 16.7 Å². The predicted molar refractivity (Wildman–Crippen MR) is 70.1 cm³/mol. The number of hydrogen-bond acceptors (Lipinski definition) is 4. The molecule has 0 aliphatic carbocycles. The topological polar surface area (TPSA) is 76.9 Å². The Morgan fingerprint density at radius 1 is 1.56 bits per heavy atom. The second-order valence-electron chi connectivity index (χ2n) is 4.29. The second kappa shape index (κ2) is 5.07. The fourth-order valence-electron chi connectivity index (χ4n) is 2.06. The van der Waals surface area contributed by atoms with Crippen molar-refractivity contribution in [3.63, 3.8) is 0 Å². The van der Waals surface area contributed by atoms with Crippen molar-refractivity contribution in [1.29, 1.82) is 5.26 Å². The van der Waals surface area contributed by atoms with Gasteiger partial charge in [0.25, 0.3) is 0 Å². The molecule has 1 aromatic heterocycles. The molecule has 0 spiro atoms. The highest BCUT2D eigenvalue weighted by Crippen LogP contribution is 2.25. The first kappa shape index (κ1) is 12.4. The Morgan fingerprint density at radius 2 is 2.33 bits per heavy atom. The molecule has 1 aromatic carbocycles. The standard InChI is InChI=1S/C13H16N4O/c1-9(5-6-18-2)17-12-7-10(8-14)3-4-11(12)16-13(17)15/h3-4,7,9H,5-6H2,1-2H3,(H2,15,16). The molecule has 0 radical (unpaired) electrons. The largest absolute Gasteiger partial charge is 0.385 e. The molecule has 5 nitrogen and oxygen atoms in total. The Kier molecular flexibility index (Phi) is 3.49. The number of aromatic nitrogens is 2. The zero-order valence-electron chi connectivity index (χ0n) is 10.6. The van der Waals surface area contributed by atoms with Crippen LogP contribution in [0, 0.1) is 11.3 Å². The zero-order chi connectivity index (χ0) is 13.1. The van der Waals surface area contributed by atoms with Crippen molar-refractivity contribution in [3.05, 3.63) is 23.8 Å². The van der Waals surface area contributed by atoms with Crippen LogP contribution in [-0.4, -0.2) is 23.3 Å². The highest BCUT2D eigenvalue weighted by molar-refractivity contribution is 5.80. The van der Waals surface area contributed by atoms with E-state index in [0.29, 0.717) is 18.1 Å². The van der Waals surface area contributed by atoms with Crippen molar-refractivity contribution in [2.75, 3.05) is 19.5 Å². The minimum Gasteiger partial charge on any atom is -0.385 e. The first-order valence-corrected chi connectivity index (χ1v) is 5.84. The van der Waals surface area contributed by atoms with Crippen LogP contribution < -0.4 is 5.73 Å². The summed E-state index contributed by atoms with van der Waals surface area (Å²) in [5.74, 6) is 0.476. The van der Waals surface area contributed by atoms with Gasteiger partial charge in [0.15, 0.2) is 0 Å². The Bertz CT molecular complexity index is 597. The smallest absolute Gasteiger partial charge is 0.201 e. The third-order valence-electron chi connectivity index (χ3n) is 3.03. The van der Waals surface area contributed by atoms with E-state index in [1.54, 1.807) is 13.2 Å². The maximum atomic E-state index is 8.94. The third-order valence-corrected chi connectivity index (χ3v) is 3.03. The van der Waals surface area contributed by atoms with Gasteiger partial charge in [-0.05, 0) is 31.5 Å². The van der Waals surface area contributed by atoms with Crippen LogP contribution in [0.15, 0.2) is 18.2 Å². The minimum atomic E-state index is 0.184. The first-order valence-electron chi connectivity index (χ1n) is 5.84. The average molecular weight is 244 g/mol. The second-order valence-corrected chi connectivity index (χ2v) is 4.29. The lowest BCUT2D eigenvalue weighted by molar-refractivity contribution is 0.182. The fourth-order valence-corrected chi connectivity index (χ4v) is 2.06. The van der Waals surface area contributed by atoms with E-state index >= 15 is 0 Å². The van der Waals surface area contributed by atoms with Gasteiger partial charge in [-0.15, -0.1) is 0 Å². The van der Waals surface area contributed by atoms with Gasteiger partial charge >= 0.3 is 0 Å². The van der Waals surface area contributed by atoms with Gasteiger partial charge in [0.1, 0.15) is 0 Å². The molecule has 2 N–H and O–H groups in total. The van der Waals surface area contributed by atoms with Crippen LogP contribution >= 0.6 is 0 Å². The number of methoxy groups -OCH3 is 1. The van der Waals surface area contributed by atoms with E-state index in [2.05, 4.69) is 18.0 Å². The summed E-state index contributed by atoms with van der Waals surface area (Å²) >= 11 is 0. The predicted octanol–water partition coefficient (Wildman–Crippen LogP) is 2.09. The van der Waals surface area contributed by atoms with Gasteiger partial charge in [-0.2, -0.15) is 5.26 Å². The summed E-state index contributed by atoms with van der Waals surface area (Å²) < 4.78 is 7.03. The van der Waals surface area contributed by atoms with Crippen LogP contribution in [0.5, 0.6) is 0 Å². The Hall–Kier alpha value is -2.06. The van der Waals surface area contributed by atoms with E-state index in [0.717, 1.165) is 17.5 Å². The van der Waals surface area contributed by atoms with E-state index < -0.39 is 0 Å². The summed E-state index contributed by atoms with van der Waals surface area (Å²) in [7, 11) is 1.68. The van der Waals surface area contributed by atoms with Crippen LogP contribution in [0.1, 0.15) is 24.9 Å². The lowest BCUT2D eigenvalue weighted by atomic mass is 10.2. The van der Waals surface area contributed by atoms with Crippen molar-refractivity contribution >= 4 is 17.0 Å². The maximum absolute atomic E-state index is 8.94. The summed E-state index contributed by atoms with van der Waals surface area (Å²) in [4.78, 5) is 4.31. The number of nitrogens with zero attached hydrogens (tertiary/aromatic N) is 3. The molecule has 0 aliphatic rings. The van der Waals surface area contributed by atoms with Gasteiger partial charge in [-0.25, -0.2) is 4.98 Å². The van der Waals surface area contributed by atoms with Gasteiger partial charge in [0.2, 0.25) is 5.95 Å². The molecular weight excluding hydrogens is 228 g/mol. The number of rotatable bonds is 4. The average Bonchev–Trinajstić information content (AvgIpc) is 2.70. The zero-order valence-corrected chi connectivity index (χ0v) is 10.6. The molecule has 5 heteroatoms. The van der Waals surface area contributed by atoms with E-state index in [-0.39, 0.29) is 6.04 Å². The van der Waals surface area contributed by atoms with E-state index in [4.69, 9.17) is 15.7 Å². The van der Waals surface area contributed by atoms with Gasteiger partial charge in [0.05, 0.1) is 22.7 Å². The molecule has 1 unspecified atom stereocenters. The number of nitrogens with two attached hydrogens (primary N) is 1. The monoisotopic (exact) mass is 244 g/mol. The van der Waals surface area contributed by atoms with Gasteiger partial charge < -0.3 is 15.0 Å². The molecule has 0 saturated heterocycles. The Labute approximate surface area is 106 Å². The molecule has 0 aliphatic heterocycles. The van der Waals surface area contributed by atoms with Crippen molar-refractivity contribution in [3.8, 4) is 6.07 Å².